The summed E-state index contributed by atoms with van der Waals surface area (Å²) < 4.78 is 1.77. The minimum Gasteiger partial charge on any atom is -0.372 e. The van der Waals surface area contributed by atoms with Crippen molar-refractivity contribution in [3.05, 3.63) is 43.5 Å². The molecule has 0 unspecified atom stereocenters. The van der Waals surface area contributed by atoms with E-state index >= 15 is 0 Å². The summed E-state index contributed by atoms with van der Waals surface area (Å²) in [6.45, 7) is 5.35. The van der Waals surface area contributed by atoms with Gasteiger partial charge in [0, 0.05) is 44.2 Å². The Morgan fingerprint density at radius 2 is 1.71 bits per heavy atom. The summed E-state index contributed by atoms with van der Waals surface area (Å²) in [7, 11) is 2.00. The van der Waals surface area contributed by atoms with E-state index in [1.165, 1.54) is 0 Å². The molecule has 0 spiro atoms. The Morgan fingerprint density at radius 3 is 2.29 bits per heavy atom. The first-order chi connectivity index (χ1) is 11.8. The Labute approximate surface area is 141 Å². The van der Waals surface area contributed by atoms with Gasteiger partial charge in [0.25, 0.3) is 0 Å². The minimum absolute atomic E-state index is 0.542. The maximum atomic E-state index is 4.57. The Hall–Kier alpha value is -3.10. The van der Waals surface area contributed by atoms with Gasteiger partial charge in [-0.3, -0.25) is 14.4 Å². The van der Waals surface area contributed by atoms with Crippen LogP contribution in [0, 0.1) is 0 Å². The highest BCUT2D eigenvalue weighted by atomic mass is 15.4. The van der Waals surface area contributed by atoms with E-state index in [-0.39, 0.29) is 0 Å². The summed E-state index contributed by atoms with van der Waals surface area (Å²) in [4.78, 5) is 23.6. The summed E-state index contributed by atoms with van der Waals surface area (Å²) in [5.74, 6) is 1.74. The summed E-state index contributed by atoms with van der Waals surface area (Å²) in [5, 5.41) is 3.11. The third-order valence-electron chi connectivity index (χ3n) is 3.36. The third kappa shape index (κ3) is 3.14. The molecule has 0 bridgehead atoms. The van der Waals surface area contributed by atoms with E-state index in [4.69, 9.17) is 0 Å². The van der Waals surface area contributed by atoms with Crippen molar-refractivity contribution >= 4 is 11.9 Å². The minimum atomic E-state index is 0.542. The molecular formula is C15H21N9. The summed E-state index contributed by atoms with van der Waals surface area (Å²) in [6.07, 6.45) is 12.9. The Kier molecular flexibility index (Phi) is 4.59. The van der Waals surface area contributed by atoms with Crippen LogP contribution in [-0.4, -0.2) is 49.8 Å². The second kappa shape index (κ2) is 6.99. The third-order valence-corrected chi connectivity index (χ3v) is 3.36. The maximum absolute atomic E-state index is 4.57. The van der Waals surface area contributed by atoms with Crippen LogP contribution >= 0.6 is 0 Å². The molecule has 126 valence electrons. The van der Waals surface area contributed by atoms with E-state index in [0.29, 0.717) is 31.2 Å². The summed E-state index contributed by atoms with van der Waals surface area (Å²) in [6, 6.07) is 0. The Bertz CT molecular complexity index is 723. The molecule has 9 nitrogen and oxygen atoms in total. The zero-order chi connectivity index (χ0) is 16.9. The highest BCUT2D eigenvalue weighted by Crippen LogP contribution is 2.19. The molecule has 0 amide bonds. The second-order valence-electron chi connectivity index (χ2n) is 5.02. The fourth-order valence-corrected chi connectivity index (χ4v) is 2.24. The first-order valence-corrected chi connectivity index (χ1v) is 7.86. The molecule has 0 atom stereocenters. The number of imidazole rings is 1. The van der Waals surface area contributed by atoms with Crippen molar-refractivity contribution in [1.29, 1.82) is 0 Å². The number of nitrogens with zero attached hydrogens (tertiary/aromatic N) is 8. The molecule has 2 aliphatic heterocycles. The highest BCUT2D eigenvalue weighted by Gasteiger charge is 2.19. The van der Waals surface area contributed by atoms with Crippen molar-refractivity contribution in [2.24, 2.45) is 0 Å². The molecule has 24 heavy (non-hydrogen) atoms. The first kappa shape index (κ1) is 15.8. The molecule has 0 radical (unpaired) electrons. The van der Waals surface area contributed by atoms with E-state index in [9.17, 15) is 0 Å². The van der Waals surface area contributed by atoms with Crippen LogP contribution in [0.15, 0.2) is 43.5 Å². The number of aromatic nitrogens is 5. The average molecular weight is 327 g/mol. The van der Waals surface area contributed by atoms with Crippen molar-refractivity contribution in [3.8, 4) is 5.95 Å². The van der Waals surface area contributed by atoms with Crippen LogP contribution < -0.4 is 15.1 Å². The lowest BCUT2D eigenvalue weighted by Crippen LogP contribution is -2.27. The van der Waals surface area contributed by atoms with Gasteiger partial charge >= 0.3 is 0 Å². The van der Waals surface area contributed by atoms with E-state index < -0.39 is 0 Å². The fraction of sp³-hybridized carbons (Fsp3) is 0.333. The number of anilines is 2. The van der Waals surface area contributed by atoms with Crippen LogP contribution in [0.1, 0.15) is 13.8 Å². The van der Waals surface area contributed by atoms with Gasteiger partial charge in [0.15, 0.2) is 0 Å². The lowest BCUT2D eigenvalue weighted by atomic mass is 10.6. The average Bonchev–Trinajstić information content (AvgIpc) is 3.38. The van der Waals surface area contributed by atoms with E-state index in [0.717, 1.165) is 0 Å². The van der Waals surface area contributed by atoms with Gasteiger partial charge < -0.3 is 10.2 Å². The van der Waals surface area contributed by atoms with Crippen LogP contribution in [0.5, 0.6) is 0 Å². The van der Waals surface area contributed by atoms with Gasteiger partial charge in [0.05, 0.1) is 13.3 Å². The van der Waals surface area contributed by atoms with Gasteiger partial charge in [-0.15, -0.1) is 0 Å². The first-order valence-electron chi connectivity index (χ1n) is 7.86. The number of hydrogen-bond donors (Lipinski definition) is 1. The summed E-state index contributed by atoms with van der Waals surface area (Å²) in [5.41, 5.74) is 0. The van der Waals surface area contributed by atoms with E-state index in [2.05, 4.69) is 30.2 Å². The van der Waals surface area contributed by atoms with Gasteiger partial charge in [-0.1, -0.05) is 13.8 Å². The normalized spacial score (nSPS) is 15.5. The SMILES string of the molecule is CC.CN1C=CN(c2nc(N3C=CNC3)nc(-n3ccnc3)n2)C1. The van der Waals surface area contributed by atoms with Crippen LogP contribution in [0.2, 0.25) is 0 Å². The molecule has 0 saturated heterocycles. The van der Waals surface area contributed by atoms with Gasteiger partial charge in [-0.2, -0.15) is 15.0 Å². The topological polar surface area (TPSA) is 78.2 Å². The molecule has 2 aliphatic rings. The lowest BCUT2D eigenvalue weighted by molar-refractivity contribution is 0.492. The van der Waals surface area contributed by atoms with Gasteiger partial charge in [0.2, 0.25) is 17.8 Å². The number of hydrogen-bond acceptors (Lipinski definition) is 8. The Morgan fingerprint density at radius 1 is 0.958 bits per heavy atom. The molecular weight excluding hydrogens is 306 g/mol. The lowest BCUT2D eigenvalue weighted by Gasteiger charge is -2.19. The van der Waals surface area contributed by atoms with Gasteiger partial charge in [-0.25, -0.2) is 4.98 Å². The number of rotatable bonds is 3. The molecule has 0 fully saturated rings. The zero-order valence-electron chi connectivity index (χ0n) is 14.0. The van der Waals surface area contributed by atoms with Crippen LogP contribution in [0.3, 0.4) is 0 Å². The zero-order valence-corrected chi connectivity index (χ0v) is 14.0. The van der Waals surface area contributed by atoms with E-state index in [1.807, 2.05) is 61.7 Å². The van der Waals surface area contributed by atoms with Crippen molar-refractivity contribution in [2.75, 3.05) is 30.2 Å². The molecule has 1 N–H and O–H groups in total. The summed E-state index contributed by atoms with van der Waals surface area (Å²) >= 11 is 0. The van der Waals surface area contributed by atoms with Crippen molar-refractivity contribution in [2.45, 2.75) is 13.8 Å². The molecule has 4 heterocycles. The van der Waals surface area contributed by atoms with Crippen LogP contribution in [0.25, 0.3) is 5.95 Å². The standard InChI is InChI=1S/C13H15N9.C2H6/c1-19-6-7-22(10-19)13-17-11(20-4-2-14-8-20)16-12(18-13)21-5-3-15-9-21;1-2/h2-8,15H,9-10H2,1H3;1-2H3. The van der Waals surface area contributed by atoms with Gasteiger partial charge in [-0.05, 0) is 0 Å². The maximum Gasteiger partial charge on any atom is 0.241 e. The molecule has 2 aromatic heterocycles. The molecule has 0 aliphatic carbocycles. The largest absolute Gasteiger partial charge is 0.372 e. The van der Waals surface area contributed by atoms with Crippen molar-refractivity contribution < 1.29 is 0 Å². The van der Waals surface area contributed by atoms with Crippen molar-refractivity contribution in [3.63, 3.8) is 0 Å². The molecule has 2 aromatic rings. The molecule has 0 aromatic carbocycles. The molecule has 9 heteroatoms. The fourth-order valence-electron chi connectivity index (χ4n) is 2.24. The Balaban J connectivity index is 0.000000815. The monoisotopic (exact) mass is 327 g/mol. The predicted octanol–water partition coefficient (Wildman–Crippen LogP) is 1.10. The smallest absolute Gasteiger partial charge is 0.241 e. The van der Waals surface area contributed by atoms with Crippen molar-refractivity contribution in [1.82, 2.24) is 34.7 Å². The van der Waals surface area contributed by atoms with Crippen LogP contribution in [-0.2, 0) is 0 Å². The van der Waals surface area contributed by atoms with E-state index in [1.54, 1.807) is 17.1 Å². The quantitative estimate of drug-likeness (QED) is 0.898. The number of nitrogens with one attached hydrogen (secondary N) is 1. The highest BCUT2D eigenvalue weighted by molar-refractivity contribution is 5.46. The van der Waals surface area contributed by atoms with Crippen LogP contribution in [0.4, 0.5) is 11.9 Å². The van der Waals surface area contributed by atoms with Gasteiger partial charge in [0.1, 0.15) is 6.33 Å². The second-order valence-corrected chi connectivity index (χ2v) is 5.02. The molecule has 0 saturated carbocycles. The molecule has 4 rings (SSSR count). The predicted molar refractivity (Wildman–Crippen MR) is 92.2 cm³/mol.